The molecule has 1 saturated heterocycles. The molecule has 0 spiro atoms. The molecule has 2 atom stereocenters. The van der Waals surface area contributed by atoms with E-state index >= 15 is 0 Å². The molecule has 0 aromatic carbocycles. The number of ether oxygens (including phenoxy) is 1. The molecule has 86 valence electrons. The second-order valence-electron chi connectivity index (χ2n) is 4.68. The van der Waals surface area contributed by atoms with Gasteiger partial charge in [-0.1, -0.05) is 12.8 Å². The maximum Gasteiger partial charge on any atom is 0.320 e. The number of carbonyl (C=O) groups excluding carboxylic acids is 1. The molecule has 2 unspecified atom stereocenters. The minimum atomic E-state index is -0.0521. The maximum absolute atomic E-state index is 11.4. The Morgan fingerprint density at radius 1 is 1.33 bits per heavy atom. The predicted octanol–water partition coefficient (Wildman–Crippen LogP) is 1.81. The van der Waals surface area contributed by atoms with Crippen molar-refractivity contribution >= 4 is 5.97 Å². The number of esters is 1. The lowest BCUT2D eigenvalue weighted by atomic mass is 9.85. The highest BCUT2D eigenvalue weighted by molar-refractivity contribution is 5.71. The normalized spacial score (nSPS) is 31.3. The smallest absolute Gasteiger partial charge is 0.320 e. The number of carbonyl (C=O) groups is 1. The summed E-state index contributed by atoms with van der Waals surface area (Å²) in [4.78, 5) is 13.7. The summed E-state index contributed by atoms with van der Waals surface area (Å²) >= 11 is 0. The van der Waals surface area contributed by atoms with E-state index in [0.717, 1.165) is 12.5 Å². The highest BCUT2D eigenvalue weighted by Gasteiger charge is 2.36. The lowest BCUT2D eigenvalue weighted by Crippen LogP contribution is -2.38. The molecular formula is C12H21NO2. The zero-order valence-electron chi connectivity index (χ0n) is 9.58. The van der Waals surface area contributed by atoms with Gasteiger partial charge in [0, 0.05) is 6.04 Å². The largest absolute Gasteiger partial charge is 0.465 e. The Kier molecular flexibility index (Phi) is 3.62. The highest BCUT2D eigenvalue weighted by atomic mass is 16.5. The first kappa shape index (κ1) is 10.9. The van der Waals surface area contributed by atoms with Crippen molar-refractivity contribution < 1.29 is 9.53 Å². The number of hydrogen-bond donors (Lipinski definition) is 0. The molecule has 0 N–H and O–H groups in total. The zero-order chi connectivity index (χ0) is 10.7. The number of hydrogen-bond acceptors (Lipinski definition) is 3. The Labute approximate surface area is 91.8 Å². The second kappa shape index (κ2) is 4.97. The van der Waals surface area contributed by atoms with Crippen molar-refractivity contribution in [1.29, 1.82) is 0 Å². The molecule has 2 aliphatic rings. The molecule has 1 heterocycles. The number of likely N-dealkylation sites (tertiary alicyclic amines) is 1. The zero-order valence-corrected chi connectivity index (χ0v) is 9.58. The summed E-state index contributed by atoms with van der Waals surface area (Å²) in [7, 11) is 0. The lowest BCUT2D eigenvalue weighted by Gasteiger charge is -2.30. The van der Waals surface area contributed by atoms with Gasteiger partial charge in [-0.15, -0.1) is 0 Å². The average Bonchev–Trinajstić information content (AvgIpc) is 2.62. The van der Waals surface area contributed by atoms with Crippen LogP contribution >= 0.6 is 0 Å². The molecule has 0 radical (unpaired) electrons. The SMILES string of the molecule is CCOC(=O)CN1CCC2CCCCC21. The molecule has 0 aromatic rings. The fourth-order valence-electron chi connectivity index (χ4n) is 3.07. The van der Waals surface area contributed by atoms with Crippen molar-refractivity contribution in [2.45, 2.75) is 45.1 Å². The fourth-order valence-corrected chi connectivity index (χ4v) is 3.07. The third-order valence-corrected chi connectivity index (χ3v) is 3.76. The van der Waals surface area contributed by atoms with Crippen LogP contribution in [-0.2, 0) is 9.53 Å². The van der Waals surface area contributed by atoms with Crippen LogP contribution in [0.1, 0.15) is 39.0 Å². The van der Waals surface area contributed by atoms with E-state index in [0.29, 0.717) is 19.2 Å². The van der Waals surface area contributed by atoms with Gasteiger partial charge in [-0.25, -0.2) is 0 Å². The van der Waals surface area contributed by atoms with E-state index in [-0.39, 0.29) is 5.97 Å². The van der Waals surface area contributed by atoms with E-state index in [4.69, 9.17) is 4.74 Å². The Morgan fingerprint density at radius 2 is 2.13 bits per heavy atom. The van der Waals surface area contributed by atoms with Gasteiger partial charge in [0.05, 0.1) is 13.2 Å². The third kappa shape index (κ3) is 2.51. The number of fused-ring (bicyclic) bond motifs is 1. The van der Waals surface area contributed by atoms with Gasteiger partial charge < -0.3 is 4.74 Å². The van der Waals surface area contributed by atoms with Gasteiger partial charge in [0.15, 0.2) is 0 Å². The van der Waals surface area contributed by atoms with Crippen LogP contribution in [0.3, 0.4) is 0 Å². The molecule has 0 amide bonds. The van der Waals surface area contributed by atoms with Crippen LogP contribution < -0.4 is 0 Å². The molecule has 15 heavy (non-hydrogen) atoms. The molecule has 0 bridgehead atoms. The van der Waals surface area contributed by atoms with Crippen molar-refractivity contribution in [2.75, 3.05) is 19.7 Å². The van der Waals surface area contributed by atoms with Crippen molar-refractivity contribution in [2.24, 2.45) is 5.92 Å². The lowest BCUT2D eigenvalue weighted by molar-refractivity contribution is -0.144. The van der Waals surface area contributed by atoms with Gasteiger partial charge in [-0.2, -0.15) is 0 Å². The first-order chi connectivity index (χ1) is 7.31. The summed E-state index contributed by atoms with van der Waals surface area (Å²) in [5.74, 6) is 0.803. The van der Waals surface area contributed by atoms with Crippen molar-refractivity contribution in [3.05, 3.63) is 0 Å². The van der Waals surface area contributed by atoms with Crippen LogP contribution in [0.2, 0.25) is 0 Å². The van der Waals surface area contributed by atoms with Crippen LogP contribution in [0.15, 0.2) is 0 Å². The van der Waals surface area contributed by atoms with Crippen LogP contribution in [0.5, 0.6) is 0 Å². The summed E-state index contributed by atoms with van der Waals surface area (Å²) in [6.45, 7) is 3.97. The monoisotopic (exact) mass is 211 g/mol. The third-order valence-electron chi connectivity index (χ3n) is 3.76. The molecule has 3 heteroatoms. The standard InChI is InChI=1S/C12H21NO2/c1-2-15-12(14)9-13-8-7-10-5-3-4-6-11(10)13/h10-11H,2-9H2,1H3. The van der Waals surface area contributed by atoms with Crippen molar-refractivity contribution in [3.63, 3.8) is 0 Å². The minimum absolute atomic E-state index is 0.0521. The first-order valence-electron chi connectivity index (χ1n) is 6.21. The fraction of sp³-hybridized carbons (Fsp3) is 0.917. The van der Waals surface area contributed by atoms with Crippen molar-refractivity contribution in [1.82, 2.24) is 4.90 Å². The summed E-state index contributed by atoms with van der Waals surface area (Å²) in [6.07, 6.45) is 6.65. The molecule has 2 rings (SSSR count). The van der Waals surface area contributed by atoms with E-state index in [2.05, 4.69) is 4.90 Å². The van der Waals surface area contributed by atoms with Gasteiger partial charge in [-0.3, -0.25) is 9.69 Å². The summed E-state index contributed by atoms with van der Waals surface area (Å²) < 4.78 is 5.00. The van der Waals surface area contributed by atoms with Crippen molar-refractivity contribution in [3.8, 4) is 0 Å². The van der Waals surface area contributed by atoms with Crippen LogP contribution in [-0.4, -0.2) is 36.6 Å². The summed E-state index contributed by atoms with van der Waals surface area (Å²) in [5.41, 5.74) is 0. The minimum Gasteiger partial charge on any atom is -0.465 e. The van der Waals surface area contributed by atoms with Gasteiger partial charge in [-0.05, 0) is 38.6 Å². The molecule has 1 saturated carbocycles. The summed E-state index contributed by atoms with van der Waals surface area (Å²) in [5, 5.41) is 0. The number of nitrogens with zero attached hydrogens (tertiary/aromatic N) is 1. The van der Waals surface area contributed by atoms with E-state index in [9.17, 15) is 4.79 Å². The van der Waals surface area contributed by atoms with E-state index < -0.39 is 0 Å². The van der Waals surface area contributed by atoms with E-state index in [1.54, 1.807) is 0 Å². The van der Waals surface area contributed by atoms with E-state index in [1.807, 2.05) is 6.92 Å². The Hall–Kier alpha value is -0.570. The molecular weight excluding hydrogens is 190 g/mol. The molecule has 0 aromatic heterocycles. The first-order valence-corrected chi connectivity index (χ1v) is 6.21. The van der Waals surface area contributed by atoms with Crippen LogP contribution in [0.25, 0.3) is 0 Å². The van der Waals surface area contributed by atoms with Gasteiger partial charge in [0.2, 0.25) is 0 Å². The molecule has 1 aliphatic heterocycles. The molecule has 2 fully saturated rings. The molecule has 3 nitrogen and oxygen atoms in total. The Balaban J connectivity index is 1.85. The quantitative estimate of drug-likeness (QED) is 0.667. The average molecular weight is 211 g/mol. The Morgan fingerprint density at radius 3 is 2.93 bits per heavy atom. The molecule has 1 aliphatic carbocycles. The van der Waals surface area contributed by atoms with Gasteiger partial charge in [0.1, 0.15) is 0 Å². The maximum atomic E-state index is 11.4. The van der Waals surface area contributed by atoms with Crippen LogP contribution in [0, 0.1) is 5.92 Å². The summed E-state index contributed by atoms with van der Waals surface area (Å²) in [6, 6.07) is 0.670. The topological polar surface area (TPSA) is 29.5 Å². The van der Waals surface area contributed by atoms with Gasteiger partial charge in [0.25, 0.3) is 0 Å². The Bertz CT molecular complexity index is 230. The van der Waals surface area contributed by atoms with Gasteiger partial charge >= 0.3 is 5.97 Å². The highest BCUT2D eigenvalue weighted by Crippen LogP contribution is 2.35. The van der Waals surface area contributed by atoms with Crippen LogP contribution in [0.4, 0.5) is 0 Å². The van der Waals surface area contributed by atoms with E-state index in [1.165, 1.54) is 32.1 Å². The number of rotatable bonds is 3. The second-order valence-corrected chi connectivity index (χ2v) is 4.68. The predicted molar refractivity (Wildman–Crippen MR) is 58.6 cm³/mol.